The highest BCUT2D eigenvalue weighted by molar-refractivity contribution is 5.94. The van der Waals surface area contributed by atoms with Gasteiger partial charge < -0.3 is 15.2 Å². The van der Waals surface area contributed by atoms with Crippen LogP contribution in [0.25, 0.3) is 0 Å². The normalized spacial score (nSPS) is 25.9. The SMILES string of the molecule is O=C(N[C@@H]1CCCC[C@H]1O)c1ccc2c(c1)COC2. The van der Waals surface area contributed by atoms with Crippen molar-refractivity contribution in [1.29, 1.82) is 0 Å². The van der Waals surface area contributed by atoms with Gasteiger partial charge in [-0.3, -0.25) is 4.79 Å². The number of fused-ring (bicyclic) bond motifs is 1. The minimum atomic E-state index is -0.407. The van der Waals surface area contributed by atoms with Crippen LogP contribution in [0.15, 0.2) is 18.2 Å². The maximum Gasteiger partial charge on any atom is 0.251 e. The lowest BCUT2D eigenvalue weighted by molar-refractivity contribution is 0.0717. The average Bonchev–Trinajstić information content (AvgIpc) is 2.88. The quantitative estimate of drug-likeness (QED) is 0.852. The smallest absolute Gasteiger partial charge is 0.251 e. The number of ether oxygens (including phenoxy) is 1. The zero-order valence-corrected chi connectivity index (χ0v) is 10.9. The summed E-state index contributed by atoms with van der Waals surface area (Å²) >= 11 is 0. The van der Waals surface area contributed by atoms with Gasteiger partial charge in [0.25, 0.3) is 5.91 Å². The van der Waals surface area contributed by atoms with Gasteiger partial charge in [0, 0.05) is 5.56 Å². The Hall–Kier alpha value is -1.39. The minimum Gasteiger partial charge on any atom is -0.391 e. The second-order valence-corrected chi connectivity index (χ2v) is 5.41. The first kappa shape index (κ1) is 12.6. The van der Waals surface area contributed by atoms with Crippen molar-refractivity contribution < 1.29 is 14.6 Å². The fraction of sp³-hybridized carbons (Fsp3) is 0.533. The van der Waals surface area contributed by atoms with Gasteiger partial charge >= 0.3 is 0 Å². The Balaban J connectivity index is 1.70. The lowest BCUT2D eigenvalue weighted by Crippen LogP contribution is -2.45. The molecule has 1 amide bonds. The highest BCUT2D eigenvalue weighted by Crippen LogP contribution is 2.22. The van der Waals surface area contributed by atoms with Crippen LogP contribution in [0.1, 0.15) is 47.2 Å². The van der Waals surface area contributed by atoms with Crippen molar-refractivity contribution in [3.8, 4) is 0 Å². The molecule has 102 valence electrons. The number of benzene rings is 1. The Morgan fingerprint density at radius 1 is 1.21 bits per heavy atom. The van der Waals surface area contributed by atoms with E-state index >= 15 is 0 Å². The molecule has 1 aliphatic heterocycles. The first-order chi connectivity index (χ1) is 9.24. The lowest BCUT2D eigenvalue weighted by Gasteiger charge is -2.28. The molecule has 2 aliphatic rings. The number of rotatable bonds is 2. The molecular weight excluding hydrogens is 242 g/mol. The molecule has 4 heteroatoms. The van der Waals surface area contributed by atoms with Gasteiger partial charge in [0.15, 0.2) is 0 Å². The minimum absolute atomic E-state index is 0.0966. The van der Waals surface area contributed by atoms with Crippen LogP contribution in [0.2, 0.25) is 0 Å². The predicted octanol–water partition coefficient (Wildman–Crippen LogP) is 1.75. The summed E-state index contributed by atoms with van der Waals surface area (Å²) in [5, 5.41) is 12.8. The number of hydrogen-bond acceptors (Lipinski definition) is 3. The molecule has 3 rings (SSSR count). The van der Waals surface area contributed by atoms with Crippen LogP contribution in [0.4, 0.5) is 0 Å². The van der Waals surface area contributed by atoms with E-state index in [1.165, 1.54) is 0 Å². The Labute approximate surface area is 112 Å². The molecule has 0 aromatic heterocycles. The van der Waals surface area contributed by atoms with E-state index in [-0.39, 0.29) is 11.9 Å². The molecule has 4 nitrogen and oxygen atoms in total. The number of carbonyl (C=O) groups is 1. The molecule has 0 radical (unpaired) electrons. The monoisotopic (exact) mass is 261 g/mol. The predicted molar refractivity (Wildman–Crippen MR) is 70.7 cm³/mol. The molecule has 0 bridgehead atoms. The molecule has 1 aliphatic carbocycles. The van der Waals surface area contributed by atoms with Crippen molar-refractivity contribution in [1.82, 2.24) is 5.32 Å². The Morgan fingerprint density at radius 3 is 2.84 bits per heavy atom. The largest absolute Gasteiger partial charge is 0.391 e. The van der Waals surface area contributed by atoms with Crippen molar-refractivity contribution >= 4 is 5.91 Å². The molecule has 0 saturated heterocycles. The molecule has 0 unspecified atom stereocenters. The number of hydrogen-bond donors (Lipinski definition) is 2. The zero-order chi connectivity index (χ0) is 13.2. The van der Waals surface area contributed by atoms with E-state index in [0.29, 0.717) is 18.8 Å². The van der Waals surface area contributed by atoms with E-state index in [1.54, 1.807) is 0 Å². The molecule has 19 heavy (non-hydrogen) atoms. The van der Waals surface area contributed by atoms with Gasteiger partial charge in [-0.1, -0.05) is 18.9 Å². The van der Waals surface area contributed by atoms with Crippen molar-refractivity contribution in [2.75, 3.05) is 0 Å². The van der Waals surface area contributed by atoms with Gasteiger partial charge in [-0.25, -0.2) is 0 Å². The number of nitrogens with one attached hydrogen (secondary N) is 1. The second kappa shape index (κ2) is 5.31. The van der Waals surface area contributed by atoms with Crippen molar-refractivity contribution in [3.05, 3.63) is 34.9 Å². The summed E-state index contributed by atoms with van der Waals surface area (Å²) in [6.07, 6.45) is 3.35. The Bertz CT molecular complexity index is 486. The van der Waals surface area contributed by atoms with Crippen LogP contribution in [0.3, 0.4) is 0 Å². The number of amides is 1. The molecule has 2 N–H and O–H groups in total. The number of carbonyl (C=O) groups excluding carboxylic acids is 1. The van der Waals surface area contributed by atoms with Gasteiger partial charge in [-0.15, -0.1) is 0 Å². The van der Waals surface area contributed by atoms with Crippen LogP contribution < -0.4 is 5.32 Å². The van der Waals surface area contributed by atoms with Gasteiger partial charge in [-0.2, -0.15) is 0 Å². The van der Waals surface area contributed by atoms with Crippen LogP contribution in [0, 0.1) is 0 Å². The topological polar surface area (TPSA) is 58.6 Å². The highest BCUT2D eigenvalue weighted by Gasteiger charge is 2.25. The summed E-state index contributed by atoms with van der Waals surface area (Å²) in [5.41, 5.74) is 2.91. The van der Waals surface area contributed by atoms with E-state index in [0.717, 1.165) is 36.8 Å². The van der Waals surface area contributed by atoms with Gasteiger partial charge in [0.05, 0.1) is 25.4 Å². The molecule has 1 heterocycles. The highest BCUT2D eigenvalue weighted by atomic mass is 16.5. The fourth-order valence-corrected chi connectivity index (χ4v) is 2.84. The van der Waals surface area contributed by atoms with Crippen LogP contribution in [-0.2, 0) is 18.0 Å². The first-order valence-corrected chi connectivity index (χ1v) is 6.92. The van der Waals surface area contributed by atoms with E-state index in [9.17, 15) is 9.90 Å². The third kappa shape index (κ3) is 2.65. The van der Waals surface area contributed by atoms with E-state index < -0.39 is 6.10 Å². The molecule has 1 saturated carbocycles. The summed E-state index contributed by atoms with van der Waals surface area (Å²) in [6.45, 7) is 1.22. The molecule has 1 fully saturated rings. The van der Waals surface area contributed by atoms with Crippen LogP contribution in [-0.4, -0.2) is 23.2 Å². The summed E-state index contributed by atoms with van der Waals surface area (Å²) in [7, 11) is 0. The van der Waals surface area contributed by atoms with Crippen molar-refractivity contribution in [2.24, 2.45) is 0 Å². The van der Waals surface area contributed by atoms with Crippen LogP contribution >= 0.6 is 0 Å². The maximum absolute atomic E-state index is 12.2. The first-order valence-electron chi connectivity index (χ1n) is 6.92. The van der Waals surface area contributed by atoms with Gasteiger partial charge in [0.2, 0.25) is 0 Å². The molecule has 2 atom stereocenters. The molecule has 1 aromatic rings. The summed E-state index contributed by atoms with van der Waals surface area (Å²) < 4.78 is 5.34. The van der Waals surface area contributed by atoms with Gasteiger partial charge in [-0.05, 0) is 36.1 Å². The van der Waals surface area contributed by atoms with Crippen LogP contribution in [0.5, 0.6) is 0 Å². The lowest BCUT2D eigenvalue weighted by atomic mass is 9.92. The Kier molecular flexibility index (Phi) is 3.53. The van der Waals surface area contributed by atoms with E-state index in [4.69, 9.17) is 4.74 Å². The molecular formula is C15H19NO3. The molecule has 1 aromatic carbocycles. The second-order valence-electron chi connectivity index (χ2n) is 5.41. The zero-order valence-electron chi connectivity index (χ0n) is 10.9. The van der Waals surface area contributed by atoms with Crippen molar-refractivity contribution in [3.63, 3.8) is 0 Å². The summed E-state index contributed by atoms with van der Waals surface area (Å²) in [5.74, 6) is -0.0966. The number of aliphatic hydroxyl groups excluding tert-OH is 1. The van der Waals surface area contributed by atoms with Crippen molar-refractivity contribution in [2.45, 2.75) is 51.0 Å². The fourth-order valence-electron chi connectivity index (χ4n) is 2.84. The standard InChI is InChI=1S/C15H19NO3/c17-14-4-2-1-3-13(14)16-15(18)10-5-6-11-8-19-9-12(11)7-10/h5-7,13-14,17H,1-4,8-9H2,(H,16,18)/t13-,14-/m1/s1. The third-order valence-electron chi connectivity index (χ3n) is 4.03. The van der Waals surface area contributed by atoms with E-state index in [1.807, 2.05) is 18.2 Å². The summed E-state index contributed by atoms with van der Waals surface area (Å²) in [4.78, 5) is 12.2. The summed E-state index contributed by atoms with van der Waals surface area (Å²) in [6, 6.07) is 5.57. The average molecular weight is 261 g/mol. The maximum atomic E-state index is 12.2. The Morgan fingerprint density at radius 2 is 2.00 bits per heavy atom. The van der Waals surface area contributed by atoms with E-state index in [2.05, 4.69) is 5.32 Å². The third-order valence-corrected chi connectivity index (χ3v) is 4.03. The van der Waals surface area contributed by atoms with Gasteiger partial charge in [0.1, 0.15) is 0 Å². The molecule has 0 spiro atoms. The number of aliphatic hydroxyl groups is 1.